The SMILES string of the molecule is CC(Nc1ccc2nnc(-c3ccsc3)n2n1)c1cccc(C(F)(F)F)c1. The topological polar surface area (TPSA) is 55.1 Å². The molecule has 1 atom stereocenters. The maximum Gasteiger partial charge on any atom is 0.416 e. The molecule has 0 radical (unpaired) electrons. The molecule has 27 heavy (non-hydrogen) atoms. The lowest BCUT2D eigenvalue weighted by Crippen LogP contribution is -2.11. The number of thiophene rings is 1. The van der Waals surface area contributed by atoms with Crippen molar-refractivity contribution in [1.82, 2.24) is 19.8 Å². The zero-order chi connectivity index (χ0) is 19.0. The molecule has 0 bridgehead atoms. The van der Waals surface area contributed by atoms with Crippen molar-refractivity contribution in [1.29, 1.82) is 0 Å². The summed E-state index contributed by atoms with van der Waals surface area (Å²) in [5, 5.41) is 19.8. The van der Waals surface area contributed by atoms with E-state index in [1.807, 2.05) is 16.8 Å². The highest BCUT2D eigenvalue weighted by Gasteiger charge is 2.30. The van der Waals surface area contributed by atoms with Gasteiger partial charge in [-0.3, -0.25) is 0 Å². The van der Waals surface area contributed by atoms with Gasteiger partial charge in [0.2, 0.25) is 0 Å². The van der Waals surface area contributed by atoms with Crippen LogP contribution in [-0.4, -0.2) is 19.8 Å². The van der Waals surface area contributed by atoms with Crippen molar-refractivity contribution in [3.05, 3.63) is 64.4 Å². The first-order chi connectivity index (χ1) is 12.9. The van der Waals surface area contributed by atoms with Crippen LogP contribution >= 0.6 is 11.3 Å². The average Bonchev–Trinajstić information content (AvgIpc) is 3.30. The molecule has 0 aliphatic rings. The predicted octanol–water partition coefficient (Wildman–Crippen LogP) is 5.04. The molecular weight excluding hydrogens is 375 g/mol. The highest BCUT2D eigenvalue weighted by Crippen LogP contribution is 2.31. The molecule has 0 fully saturated rings. The second-order valence-electron chi connectivity index (χ2n) is 6.01. The van der Waals surface area contributed by atoms with Crippen molar-refractivity contribution >= 4 is 22.8 Å². The van der Waals surface area contributed by atoms with Crippen LogP contribution in [0.3, 0.4) is 0 Å². The fourth-order valence-corrected chi connectivity index (χ4v) is 3.36. The van der Waals surface area contributed by atoms with Crippen LogP contribution in [0.4, 0.5) is 19.0 Å². The molecule has 1 aromatic carbocycles. The lowest BCUT2D eigenvalue weighted by Gasteiger charge is -2.16. The van der Waals surface area contributed by atoms with E-state index in [2.05, 4.69) is 20.6 Å². The summed E-state index contributed by atoms with van der Waals surface area (Å²) in [5.74, 6) is 1.13. The summed E-state index contributed by atoms with van der Waals surface area (Å²) in [6, 6.07) is 10.3. The van der Waals surface area contributed by atoms with Crippen LogP contribution in [0, 0.1) is 0 Å². The van der Waals surface area contributed by atoms with Gasteiger partial charge in [0.05, 0.1) is 11.6 Å². The van der Waals surface area contributed by atoms with E-state index in [1.54, 1.807) is 41.0 Å². The Bertz CT molecular complexity index is 1070. The number of halogens is 3. The second kappa shape index (κ2) is 6.66. The lowest BCUT2D eigenvalue weighted by atomic mass is 10.0. The minimum Gasteiger partial charge on any atom is -0.362 e. The van der Waals surface area contributed by atoms with Crippen LogP contribution in [0.5, 0.6) is 0 Å². The number of nitrogens with zero attached hydrogens (tertiary/aromatic N) is 4. The Labute approximate surface area is 156 Å². The summed E-state index contributed by atoms with van der Waals surface area (Å²) in [7, 11) is 0. The van der Waals surface area contributed by atoms with Crippen LogP contribution in [0.1, 0.15) is 24.1 Å². The maximum atomic E-state index is 12.9. The number of hydrogen-bond donors (Lipinski definition) is 1. The number of aromatic nitrogens is 4. The van der Waals surface area contributed by atoms with Gasteiger partial charge in [0.15, 0.2) is 11.5 Å². The van der Waals surface area contributed by atoms with Gasteiger partial charge >= 0.3 is 6.18 Å². The van der Waals surface area contributed by atoms with Gasteiger partial charge in [-0.05, 0) is 48.2 Å². The van der Waals surface area contributed by atoms with Crippen molar-refractivity contribution < 1.29 is 13.2 Å². The molecule has 3 heterocycles. The first-order valence-electron chi connectivity index (χ1n) is 8.10. The van der Waals surface area contributed by atoms with Crippen molar-refractivity contribution in [3.63, 3.8) is 0 Å². The third-order valence-corrected chi connectivity index (χ3v) is 4.80. The molecule has 4 rings (SSSR count). The van der Waals surface area contributed by atoms with Gasteiger partial charge in [0.25, 0.3) is 0 Å². The van der Waals surface area contributed by atoms with Gasteiger partial charge in [-0.2, -0.15) is 29.0 Å². The first-order valence-corrected chi connectivity index (χ1v) is 9.05. The third-order valence-electron chi connectivity index (χ3n) is 4.12. The van der Waals surface area contributed by atoms with E-state index in [1.165, 1.54) is 6.07 Å². The summed E-state index contributed by atoms with van der Waals surface area (Å²) in [6.45, 7) is 1.79. The molecule has 1 N–H and O–H groups in total. The summed E-state index contributed by atoms with van der Waals surface area (Å²) >= 11 is 1.55. The van der Waals surface area contributed by atoms with Crippen LogP contribution in [0.15, 0.2) is 53.2 Å². The smallest absolute Gasteiger partial charge is 0.362 e. The largest absolute Gasteiger partial charge is 0.416 e. The lowest BCUT2D eigenvalue weighted by molar-refractivity contribution is -0.137. The molecule has 0 amide bonds. The Morgan fingerprint density at radius 1 is 1.11 bits per heavy atom. The van der Waals surface area contributed by atoms with Crippen LogP contribution in [-0.2, 0) is 6.18 Å². The standard InChI is InChI=1S/C18H14F3N5S/c1-11(12-3-2-4-14(9-12)18(19,20)21)22-15-5-6-16-23-24-17(26(16)25-15)13-7-8-27-10-13/h2-11H,1H3,(H,22,25). The van der Waals surface area contributed by atoms with Crippen LogP contribution in [0.2, 0.25) is 0 Å². The van der Waals surface area contributed by atoms with E-state index < -0.39 is 11.7 Å². The summed E-state index contributed by atoms with van der Waals surface area (Å²) in [4.78, 5) is 0. The molecule has 0 aliphatic heterocycles. The van der Waals surface area contributed by atoms with E-state index in [-0.39, 0.29) is 6.04 Å². The van der Waals surface area contributed by atoms with Crippen molar-refractivity contribution in [2.24, 2.45) is 0 Å². The number of hydrogen-bond acceptors (Lipinski definition) is 5. The van der Waals surface area contributed by atoms with Crippen LogP contribution < -0.4 is 5.32 Å². The molecule has 0 aliphatic carbocycles. The Hall–Kier alpha value is -2.94. The van der Waals surface area contributed by atoms with Gasteiger partial charge in [-0.25, -0.2) is 0 Å². The minimum atomic E-state index is -4.37. The zero-order valence-corrected chi connectivity index (χ0v) is 14.9. The Kier molecular flexibility index (Phi) is 4.31. The number of alkyl halides is 3. The van der Waals surface area contributed by atoms with E-state index in [0.717, 1.165) is 17.7 Å². The maximum absolute atomic E-state index is 12.9. The molecule has 138 valence electrons. The Balaban J connectivity index is 1.63. The Morgan fingerprint density at radius 2 is 1.96 bits per heavy atom. The van der Waals surface area contributed by atoms with Gasteiger partial charge < -0.3 is 5.32 Å². The van der Waals surface area contributed by atoms with Crippen LogP contribution in [0.25, 0.3) is 17.0 Å². The molecule has 0 saturated heterocycles. The quantitative estimate of drug-likeness (QED) is 0.531. The van der Waals surface area contributed by atoms with Crippen molar-refractivity contribution in [2.75, 3.05) is 5.32 Å². The highest BCUT2D eigenvalue weighted by atomic mass is 32.1. The predicted molar refractivity (Wildman–Crippen MR) is 97.6 cm³/mol. The van der Waals surface area contributed by atoms with Gasteiger partial charge in [-0.15, -0.1) is 15.3 Å². The fourth-order valence-electron chi connectivity index (χ4n) is 2.73. The zero-order valence-electron chi connectivity index (χ0n) is 14.1. The number of rotatable bonds is 4. The molecule has 4 aromatic rings. The summed E-state index contributed by atoms with van der Waals surface area (Å²) in [5.41, 5.74) is 1.35. The van der Waals surface area contributed by atoms with E-state index in [0.29, 0.717) is 22.9 Å². The average molecular weight is 389 g/mol. The molecule has 3 aromatic heterocycles. The second-order valence-corrected chi connectivity index (χ2v) is 6.79. The van der Waals surface area contributed by atoms with Crippen molar-refractivity contribution in [2.45, 2.75) is 19.1 Å². The monoisotopic (exact) mass is 389 g/mol. The molecular formula is C18H14F3N5S. The van der Waals surface area contributed by atoms with Gasteiger partial charge in [0, 0.05) is 10.9 Å². The molecule has 1 unspecified atom stereocenters. The van der Waals surface area contributed by atoms with E-state index in [4.69, 9.17) is 0 Å². The molecule has 0 spiro atoms. The number of benzene rings is 1. The third kappa shape index (κ3) is 3.50. The normalized spacial score (nSPS) is 13.0. The summed E-state index contributed by atoms with van der Waals surface area (Å²) < 4.78 is 40.4. The van der Waals surface area contributed by atoms with Gasteiger partial charge in [-0.1, -0.05) is 12.1 Å². The molecule has 5 nitrogen and oxygen atoms in total. The summed E-state index contributed by atoms with van der Waals surface area (Å²) in [6.07, 6.45) is -4.37. The molecule has 9 heteroatoms. The highest BCUT2D eigenvalue weighted by molar-refractivity contribution is 7.08. The van der Waals surface area contributed by atoms with Crippen molar-refractivity contribution in [3.8, 4) is 11.4 Å². The number of anilines is 1. The van der Waals surface area contributed by atoms with E-state index >= 15 is 0 Å². The fraction of sp³-hybridized carbons (Fsp3) is 0.167. The number of nitrogens with one attached hydrogen (secondary N) is 1. The van der Waals surface area contributed by atoms with E-state index in [9.17, 15) is 13.2 Å². The molecule has 0 saturated carbocycles. The Morgan fingerprint density at radius 3 is 2.70 bits per heavy atom. The van der Waals surface area contributed by atoms with Gasteiger partial charge in [0.1, 0.15) is 5.82 Å². The first kappa shape index (κ1) is 17.5. The minimum absolute atomic E-state index is 0.363. The number of fused-ring (bicyclic) bond motifs is 1.